The van der Waals surface area contributed by atoms with E-state index in [4.69, 9.17) is 11.6 Å². The molecule has 3 rings (SSSR count). The smallest absolute Gasteiger partial charge is 0.292 e. The lowest BCUT2D eigenvalue weighted by molar-refractivity contribution is 0.115. The van der Waals surface area contributed by atoms with Crippen molar-refractivity contribution in [1.29, 1.82) is 0 Å². The van der Waals surface area contributed by atoms with Gasteiger partial charge in [-0.15, -0.1) is 0 Å². The van der Waals surface area contributed by atoms with Crippen LogP contribution in [0.2, 0.25) is 5.02 Å². The summed E-state index contributed by atoms with van der Waals surface area (Å²) < 4.78 is 27.8. The highest BCUT2D eigenvalue weighted by Crippen LogP contribution is 2.28. The van der Waals surface area contributed by atoms with Crippen LogP contribution in [0.25, 0.3) is 5.69 Å². The van der Waals surface area contributed by atoms with Gasteiger partial charge in [-0.1, -0.05) is 11.6 Å². The number of aromatic nitrogens is 2. The molecule has 1 aromatic carbocycles. The number of aliphatic hydroxyl groups is 1. The summed E-state index contributed by atoms with van der Waals surface area (Å²) in [4.78, 5) is 14.4. The Morgan fingerprint density at radius 3 is 2.80 bits per heavy atom. The molecular weight excluding hydrogens is 352 g/mol. The van der Waals surface area contributed by atoms with Crippen LogP contribution in [0.5, 0.6) is 0 Å². The first-order valence-corrected chi connectivity index (χ1v) is 8.42. The molecule has 2 aromatic rings. The molecule has 2 heterocycles. The van der Waals surface area contributed by atoms with Crippen molar-refractivity contribution in [3.8, 4) is 5.69 Å². The molecule has 0 radical (unpaired) electrons. The predicted molar refractivity (Wildman–Crippen MR) is 91.4 cm³/mol. The van der Waals surface area contributed by atoms with Crippen LogP contribution in [0.1, 0.15) is 19.8 Å². The van der Waals surface area contributed by atoms with Gasteiger partial charge in [0.1, 0.15) is 16.5 Å². The van der Waals surface area contributed by atoms with Gasteiger partial charge in [-0.05, 0) is 31.9 Å². The maximum absolute atomic E-state index is 13.9. The molecule has 1 aliphatic heterocycles. The number of aliphatic hydroxyl groups excluding tert-OH is 1. The van der Waals surface area contributed by atoms with Crippen LogP contribution in [0.4, 0.5) is 14.5 Å². The Morgan fingerprint density at radius 2 is 2.12 bits per heavy atom. The van der Waals surface area contributed by atoms with Gasteiger partial charge in [0.2, 0.25) is 0 Å². The van der Waals surface area contributed by atoms with E-state index in [0.717, 1.165) is 29.7 Å². The Kier molecular flexibility index (Phi) is 5.06. The molecule has 1 saturated heterocycles. The summed E-state index contributed by atoms with van der Waals surface area (Å²) >= 11 is 6.22. The number of rotatable bonds is 3. The van der Waals surface area contributed by atoms with E-state index in [1.54, 1.807) is 6.92 Å². The van der Waals surface area contributed by atoms with Gasteiger partial charge in [-0.25, -0.2) is 8.78 Å². The van der Waals surface area contributed by atoms with E-state index in [2.05, 4.69) is 5.10 Å². The zero-order valence-electron chi connectivity index (χ0n) is 13.6. The number of hydrogen-bond acceptors (Lipinski definition) is 4. The first-order chi connectivity index (χ1) is 11.9. The summed E-state index contributed by atoms with van der Waals surface area (Å²) in [6.45, 7) is 3.00. The summed E-state index contributed by atoms with van der Waals surface area (Å²) in [6.07, 6.45) is 2.71. The molecule has 2 unspecified atom stereocenters. The summed E-state index contributed by atoms with van der Waals surface area (Å²) in [5.74, 6) is -1.55. The fourth-order valence-electron chi connectivity index (χ4n) is 3.09. The van der Waals surface area contributed by atoms with Crippen molar-refractivity contribution in [2.75, 3.05) is 18.0 Å². The monoisotopic (exact) mass is 369 g/mol. The van der Waals surface area contributed by atoms with E-state index < -0.39 is 23.3 Å². The molecule has 2 atom stereocenters. The lowest BCUT2D eigenvalue weighted by Crippen LogP contribution is -2.40. The molecule has 1 fully saturated rings. The second-order valence-corrected chi connectivity index (χ2v) is 6.62. The molecule has 0 bridgehead atoms. The van der Waals surface area contributed by atoms with Crippen molar-refractivity contribution < 1.29 is 13.9 Å². The summed E-state index contributed by atoms with van der Waals surface area (Å²) in [6, 6.07) is 2.87. The minimum absolute atomic E-state index is 0.0787. The van der Waals surface area contributed by atoms with Crippen molar-refractivity contribution in [2.24, 2.45) is 5.92 Å². The van der Waals surface area contributed by atoms with Crippen molar-refractivity contribution in [1.82, 2.24) is 9.78 Å². The van der Waals surface area contributed by atoms with Gasteiger partial charge in [-0.2, -0.15) is 9.78 Å². The zero-order chi connectivity index (χ0) is 18.1. The van der Waals surface area contributed by atoms with Gasteiger partial charge in [0.25, 0.3) is 5.56 Å². The van der Waals surface area contributed by atoms with Crippen molar-refractivity contribution in [2.45, 2.75) is 25.9 Å². The molecule has 5 nitrogen and oxygen atoms in total. The lowest BCUT2D eigenvalue weighted by atomic mass is 9.93. The van der Waals surface area contributed by atoms with Crippen LogP contribution < -0.4 is 10.5 Å². The molecule has 25 heavy (non-hydrogen) atoms. The Labute approximate surface area is 148 Å². The molecule has 8 heteroatoms. The average Bonchev–Trinajstić information content (AvgIpc) is 2.58. The Balaban J connectivity index is 1.97. The lowest BCUT2D eigenvalue weighted by Gasteiger charge is -2.35. The van der Waals surface area contributed by atoms with E-state index >= 15 is 0 Å². The molecule has 134 valence electrons. The SMILES string of the molecule is CC(O)C1CCCN(c2cnn(-c3ccc(F)cc3F)c(=O)c2Cl)C1. The fraction of sp³-hybridized carbons (Fsp3) is 0.412. The van der Waals surface area contributed by atoms with Crippen LogP contribution in [0.3, 0.4) is 0 Å². The summed E-state index contributed by atoms with van der Waals surface area (Å²) in [5, 5.41) is 13.7. The third-order valence-electron chi connectivity index (χ3n) is 4.52. The van der Waals surface area contributed by atoms with Crippen molar-refractivity contribution in [3.63, 3.8) is 0 Å². The average molecular weight is 370 g/mol. The van der Waals surface area contributed by atoms with E-state index in [1.165, 1.54) is 6.20 Å². The Morgan fingerprint density at radius 1 is 1.36 bits per heavy atom. The van der Waals surface area contributed by atoms with Crippen molar-refractivity contribution >= 4 is 17.3 Å². The first kappa shape index (κ1) is 17.8. The number of halogens is 3. The number of piperidine rings is 1. The Hall–Kier alpha value is -1.99. The molecule has 0 amide bonds. The maximum atomic E-state index is 13.9. The highest BCUT2D eigenvalue weighted by molar-refractivity contribution is 6.33. The largest absolute Gasteiger partial charge is 0.393 e. The van der Waals surface area contributed by atoms with E-state index in [0.29, 0.717) is 24.8 Å². The van der Waals surface area contributed by atoms with Crippen molar-refractivity contribution in [3.05, 3.63) is 51.4 Å². The summed E-state index contributed by atoms with van der Waals surface area (Å²) in [5.41, 5.74) is -0.389. The van der Waals surface area contributed by atoms with Crippen LogP contribution in [-0.4, -0.2) is 34.1 Å². The molecule has 1 aromatic heterocycles. The molecule has 1 N–H and O–H groups in total. The van der Waals surface area contributed by atoms with Gasteiger partial charge in [0.05, 0.1) is 18.0 Å². The van der Waals surface area contributed by atoms with Gasteiger partial charge in [0, 0.05) is 25.1 Å². The van der Waals surface area contributed by atoms with Gasteiger partial charge in [-0.3, -0.25) is 4.79 Å². The first-order valence-electron chi connectivity index (χ1n) is 8.04. The normalized spacial score (nSPS) is 19.1. The van der Waals surface area contributed by atoms with Crippen LogP contribution in [-0.2, 0) is 0 Å². The van der Waals surface area contributed by atoms with Gasteiger partial charge >= 0.3 is 0 Å². The predicted octanol–water partition coefficient (Wildman–Crippen LogP) is 2.76. The zero-order valence-corrected chi connectivity index (χ0v) is 14.4. The maximum Gasteiger partial charge on any atom is 0.292 e. The van der Waals surface area contributed by atoms with Crippen LogP contribution in [0.15, 0.2) is 29.2 Å². The number of hydrogen-bond donors (Lipinski definition) is 1. The van der Waals surface area contributed by atoms with E-state index in [-0.39, 0.29) is 16.6 Å². The van der Waals surface area contributed by atoms with Crippen LogP contribution >= 0.6 is 11.6 Å². The van der Waals surface area contributed by atoms with Gasteiger partial charge < -0.3 is 10.0 Å². The number of nitrogens with zero attached hydrogens (tertiary/aromatic N) is 3. The van der Waals surface area contributed by atoms with E-state index in [9.17, 15) is 18.7 Å². The van der Waals surface area contributed by atoms with Gasteiger partial charge in [0.15, 0.2) is 5.82 Å². The second kappa shape index (κ2) is 7.09. The standard InChI is InChI=1S/C17H18ClF2N3O2/c1-10(24)11-3-2-6-22(9-11)15-8-21-23(17(25)16(15)18)14-5-4-12(19)7-13(14)20/h4-5,7-8,10-11,24H,2-3,6,9H2,1H3. The number of anilines is 1. The Bertz CT molecular complexity index is 841. The topological polar surface area (TPSA) is 58.4 Å². The third-order valence-corrected chi connectivity index (χ3v) is 4.87. The molecule has 0 spiro atoms. The molecule has 0 saturated carbocycles. The molecular formula is C17H18ClF2N3O2. The quantitative estimate of drug-likeness (QED) is 0.903. The molecule has 1 aliphatic rings. The van der Waals surface area contributed by atoms with Crippen LogP contribution in [0, 0.1) is 17.6 Å². The third kappa shape index (κ3) is 3.52. The fourth-order valence-corrected chi connectivity index (χ4v) is 3.34. The minimum atomic E-state index is -0.898. The summed E-state index contributed by atoms with van der Waals surface area (Å²) in [7, 11) is 0. The minimum Gasteiger partial charge on any atom is -0.393 e. The highest BCUT2D eigenvalue weighted by Gasteiger charge is 2.26. The van der Waals surface area contributed by atoms with E-state index in [1.807, 2.05) is 4.90 Å². The second-order valence-electron chi connectivity index (χ2n) is 6.25. The number of benzene rings is 1. The highest BCUT2D eigenvalue weighted by atomic mass is 35.5. The molecule has 0 aliphatic carbocycles.